The molecule has 0 aliphatic carbocycles. The Morgan fingerprint density at radius 3 is 2.58 bits per heavy atom. The first kappa shape index (κ1) is 16.5. The molecule has 0 saturated heterocycles. The number of nitrogens with zero attached hydrogens (tertiary/aromatic N) is 2. The molecule has 122 valence electrons. The third-order valence-corrected chi connectivity index (χ3v) is 4.64. The van der Waals surface area contributed by atoms with Crippen molar-refractivity contribution in [3.05, 3.63) is 76.9 Å². The third kappa shape index (κ3) is 3.41. The fourth-order valence-electron chi connectivity index (χ4n) is 2.78. The number of amides is 1. The van der Waals surface area contributed by atoms with Crippen molar-refractivity contribution in [2.75, 3.05) is 7.05 Å². The maximum atomic E-state index is 12.7. The molecule has 1 aromatic heterocycles. The predicted molar refractivity (Wildman–Crippen MR) is 98.1 cm³/mol. The van der Waals surface area contributed by atoms with Crippen LogP contribution < -0.4 is 0 Å². The molecular weight excluding hydrogens is 320 g/mol. The quantitative estimate of drug-likeness (QED) is 0.693. The zero-order valence-electron chi connectivity index (χ0n) is 13.7. The van der Waals surface area contributed by atoms with Crippen LogP contribution in [-0.4, -0.2) is 22.8 Å². The van der Waals surface area contributed by atoms with E-state index in [1.807, 2.05) is 68.6 Å². The van der Waals surface area contributed by atoms with Crippen molar-refractivity contribution in [3.8, 4) is 0 Å². The SMILES string of the molecule is CC(c1ccc(Cl)cc1)N(C)C(=O)Cc1cccc2cccnc12. The van der Waals surface area contributed by atoms with Crippen molar-refractivity contribution >= 4 is 28.4 Å². The first-order chi connectivity index (χ1) is 11.6. The third-order valence-electron chi connectivity index (χ3n) is 4.38. The Morgan fingerprint density at radius 2 is 1.83 bits per heavy atom. The van der Waals surface area contributed by atoms with Gasteiger partial charge in [-0.15, -0.1) is 0 Å². The monoisotopic (exact) mass is 338 g/mol. The Hall–Kier alpha value is -2.39. The van der Waals surface area contributed by atoms with Crippen LogP contribution in [0.5, 0.6) is 0 Å². The van der Waals surface area contributed by atoms with Crippen molar-refractivity contribution in [2.24, 2.45) is 0 Å². The Kier molecular flexibility index (Phi) is 4.81. The molecule has 4 heteroatoms. The Labute approximate surface area is 146 Å². The molecule has 0 bridgehead atoms. The van der Waals surface area contributed by atoms with E-state index < -0.39 is 0 Å². The molecule has 1 amide bonds. The zero-order valence-corrected chi connectivity index (χ0v) is 14.5. The summed E-state index contributed by atoms with van der Waals surface area (Å²) in [6.07, 6.45) is 2.10. The van der Waals surface area contributed by atoms with Crippen molar-refractivity contribution < 1.29 is 4.79 Å². The largest absolute Gasteiger partial charge is 0.339 e. The summed E-state index contributed by atoms with van der Waals surface area (Å²) in [4.78, 5) is 18.9. The van der Waals surface area contributed by atoms with Crippen LogP contribution in [0.2, 0.25) is 5.02 Å². The van der Waals surface area contributed by atoms with Crippen molar-refractivity contribution in [1.82, 2.24) is 9.88 Å². The second-order valence-electron chi connectivity index (χ2n) is 5.90. The second-order valence-corrected chi connectivity index (χ2v) is 6.34. The summed E-state index contributed by atoms with van der Waals surface area (Å²) in [5.74, 6) is 0.0654. The van der Waals surface area contributed by atoms with Crippen molar-refractivity contribution in [3.63, 3.8) is 0 Å². The van der Waals surface area contributed by atoms with Gasteiger partial charge in [0.15, 0.2) is 0 Å². The van der Waals surface area contributed by atoms with Gasteiger partial charge in [0.1, 0.15) is 0 Å². The molecule has 0 saturated carbocycles. The van der Waals surface area contributed by atoms with Crippen molar-refractivity contribution in [2.45, 2.75) is 19.4 Å². The van der Waals surface area contributed by atoms with Gasteiger partial charge in [-0.2, -0.15) is 0 Å². The highest BCUT2D eigenvalue weighted by Crippen LogP contribution is 2.23. The van der Waals surface area contributed by atoms with E-state index >= 15 is 0 Å². The average molecular weight is 339 g/mol. The van der Waals surface area contributed by atoms with E-state index in [4.69, 9.17) is 11.6 Å². The first-order valence-corrected chi connectivity index (χ1v) is 8.28. The number of benzene rings is 2. The lowest BCUT2D eigenvalue weighted by Gasteiger charge is -2.25. The van der Waals surface area contributed by atoms with Gasteiger partial charge in [-0.1, -0.05) is 48.0 Å². The minimum Gasteiger partial charge on any atom is -0.339 e. The maximum absolute atomic E-state index is 12.7. The lowest BCUT2D eigenvalue weighted by atomic mass is 10.0. The number of halogens is 1. The van der Waals surface area contributed by atoms with E-state index in [-0.39, 0.29) is 11.9 Å². The number of hydrogen-bond donors (Lipinski definition) is 0. The summed E-state index contributed by atoms with van der Waals surface area (Å²) in [7, 11) is 1.83. The summed E-state index contributed by atoms with van der Waals surface area (Å²) in [6, 6.07) is 17.4. The minimum atomic E-state index is -0.0160. The van der Waals surface area contributed by atoms with Crippen LogP contribution in [0.15, 0.2) is 60.8 Å². The second kappa shape index (κ2) is 7.02. The molecule has 0 aliphatic heterocycles. The van der Waals surface area contributed by atoms with Gasteiger partial charge in [-0.3, -0.25) is 9.78 Å². The molecule has 3 nitrogen and oxygen atoms in total. The standard InChI is InChI=1S/C20H19ClN2O/c1-14(15-8-10-18(21)11-9-15)23(2)19(24)13-17-6-3-5-16-7-4-12-22-20(16)17/h3-12,14H,13H2,1-2H3. The molecule has 0 aliphatic rings. The van der Waals surface area contributed by atoms with Gasteiger partial charge >= 0.3 is 0 Å². The van der Waals surface area contributed by atoms with Crippen LogP contribution in [0, 0.1) is 0 Å². The van der Waals surface area contributed by atoms with E-state index in [0.717, 1.165) is 22.0 Å². The highest BCUT2D eigenvalue weighted by molar-refractivity contribution is 6.30. The molecule has 3 rings (SSSR count). The highest BCUT2D eigenvalue weighted by atomic mass is 35.5. The molecule has 2 aromatic carbocycles. The highest BCUT2D eigenvalue weighted by Gasteiger charge is 2.18. The van der Waals surface area contributed by atoms with Gasteiger partial charge in [0, 0.05) is 23.7 Å². The molecule has 0 spiro atoms. The van der Waals surface area contributed by atoms with Gasteiger partial charge in [0.05, 0.1) is 18.0 Å². The number of para-hydroxylation sites is 1. The predicted octanol–water partition coefficient (Wildman–Crippen LogP) is 4.65. The average Bonchev–Trinajstić information content (AvgIpc) is 2.61. The summed E-state index contributed by atoms with van der Waals surface area (Å²) < 4.78 is 0. The zero-order chi connectivity index (χ0) is 17.1. The van der Waals surface area contributed by atoms with Gasteiger partial charge in [0.2, 0.25) is 5.91 Å². The van der Waals surface area contributed by atoms with Gasteiger partial charge in [-0.25, -0.2) is 0 Å². The summed E-state index contributed by atoms with van der Waals surface area (Å²) in [6.45, 7) is 2.02. The Bertz CT molecular complexity index is 856. The van der Waals surface area contributed by atoms with Crippen LogP contribution in [0.3, 0.4) is 0 Å². The number of hydrogen-bond acceptors (Lipinski definition) is 2. The molecule has 3 aromatic rings. The van der Waals surface area contributed by atoms with Crippen LogP contribution in [0.25, 0.3) is 10.9 Å². The number of aromatic nitrogens is 1. The van der Waals surface area contributed by atoms with Gasteiger partial charge in [-0.05, 0) is 36.2 Å². The first-order valence-electron chi connectivity index (χ1n) is 7.90. The minimum absolute atomic E-state index is 0.0160. The molecule has 0 N–H and O–H groups in total. The fraction of sp³-hybridized carbons (Fsp3) is 0.200. The van der Waals surface area contributed by atoms with E-state index in [9.17, 15) is 4.79 Å². The van der Waals surface area contributed by atoms with E-state index in [1.165, 1.54) is 0 Å². The topological polar surface area (TPSA) is 33.2 Å². The number of carbonyl (C=O) groups is 1. The molecule has 24 heavy (non-hydrogen) atoms. The molecule has 1 atom stereocenters. The Morgan fingerprint density at radius 1 is 1.12 bits per heavy atom. The van der Waals surface area contributed by atoms with Gasteiger partial charge < -0.3 is 4.90 Å². The van der Waals surface area contributed by atoms with Crippen LogP contribution in [0.1, 0.15) is 24.1 Å². The lowest BCUT2D eigenvalue weighted by molar-refractivity contribution is -0.131. The number of fused-ring (bicyclic) bond motifs is 1. The normalized spacial score (nSPS) is 12.1. The van der Waals surface area contributed by atoms with Crippen molar-refractivity contribution in [1.29, 1.82) is 0 Å². The molecular formula is C20H19ClN2O. The molecule has 1 heterocycles. The molecule has 1 unspecified atom stereocenters. The summed E-state index contributed by atoms with van der Waals surface area (Å²) in [5.41, 5.74) is 2.90. The van der Waals surface area contributed by atoms with E-state index in [1.54, 1.807) is 11.1 Å². The number of rotatable bonds is 4. The van der Waals surface area contributed by atoms with E-state index in [0.29, 0.717) is 11.4 Å². The van der Waals surface area contributed by atoms with Crippen LogP contribution >= 0.6 is 11.6 Å². The van der Waals surface area contributed by atoms with Crippen LogP contribution in [0.4, 0.5) is 0 Å². The number of pyridine rings is 1. The molecule has 0 radical (unpaired) electrons. The lowest BCUT2D eigenvalue weighted by Crippen LogP contribution is -2.31. The Balaban J connectivity index is 1.79. The summed E-state index contributed by atoms with van der Waals surface area (Å²) >= 11 is 5.93. The smallest absolute Gasteiger partial charge is 0.227 e. The maximum Gasteiger partial charge on any atom is 0.227 e. The van der Waals surface area contributed by atoms with Gasteiger partial charge in [0.25, 0.3) is 0 Å². The number of likely N-dealkylation sites (N-methyl/N-ethyl adjacent to an activating group) is 1. The summed E-state index contributed by atoms with van der Waals surface area (Å²) in [5, 5.41) is 1.75. The number of carbonyl (C=O) groups excluding carboxylic acids is 1. The molecule has 0 fully saturated rings. The van der Waals surface area contributed by atoms with E-state index in [2.05, 4.69) is 4.98 Å². The fourth-order valence-corrected chi connectivity index (χ4v) is 2.90. The van der Waals surface area contributed by atoms with Crippen LogP contribution in [-0.2, 0) is 11.2 Å².